The van der Waals surface area contributed by atoms with Crippen LogP contribution in [0.4, 0.5) is 0 Å². The molecule has 7 N–H and O–H groups in total. The first-order valence-electron chi connectivity index (χ1n) is 13.3. The van der Waals surface area contributed by atoms with E-state index in [0.29, 0.717) is 24.9 Å². The minimum Gasteiger partial charge on any atom is -0.370 e. The van der Waals surface area contributed by atoms with Gasteiger partial charge in [-0.1, -0.05) is 84.9 Å². The number of nitrogens with two attached hydrogens (primary N) is 2. The smallest absolute Gasteiger partial charge is 0.274 e. The van der Waals surface area contributed by atoms with Gasteiger partial charge in [-0.15, -0.1) is 0 Å². The average molecular weight is 555 g/mol. The first-order valence-corrected chi connectivity index (χ1v) is 13.3. The largest absolute Gasteiger partial charge is 0.370 e. The van der Waals surface area contributed by atoms with Crippen LogP contribution in [0.15, 0.2) is 97.1 Å². The van der Waals surface area contributed by atoms with Crippen LogP contribution < -0.4 is 22.2 Å². The molecule has 3 aromatic carbocycles. The molecule has 0 bridgehead atoms. The summed E-state index contributed by atoms with van der Waals surface area (Å²) in [4.78, 5) is 42.7. The normalized spacial score (nSPS) is 13.3. The Morgan fingerprint density at radius 1 is 0.878 bits per heavy atom. The summed E-state index contributed by atoms with van der Waals surface area (Å²) in [5, 5.41) is 18.7. The van der Waals surface area contributed by atoms with Gasteiger partial charge in [0.15, 0.2) is 0 Å². The molecule has 10 nitrogen and oxygen atoms in total. The number of benzene rings is 3. The predicted molar refractivity (Wildman–Crippen MR) is 156 cm³/mol. The van der Waals surface area contributed by atoms with Crippen molar-refractivity contribution in [1.82, 2.24) is 20.6 Å². The fraction of sp³-hybridized carbons (Fsp3) is 0.226. The lowest BCUT2D eigenvalue weighted by molar-refractivity contribution is -0.147. The van der Waals surface area contributed by atoms with Gasteiger partial charge in [0, 0.05) is 24.5 Å². The van der Waals surface area contributed by atoms with Crippen molar-refractivity contribution in [2.24, 2.45) is 11.6 Å². The molecular weight excluding hydrogens is 520 g/mol. The number of rotatable bonds is 13. The first kappa shape index (κ1) is 29.3. The quantitative estimate of drug-likeness (QED) is 0.0959. The van der Waals surface area contributed by atoms with Crippen molar-refractivity contribution < 1.29 is 19.5 Å². The van der Waals surface area contributed by atoms with Crippen LogP contribution in [0.2, 0.25) is 0 Å². The van der Waals surface area contributed by atoms with Crippen LogP contribution in [0.5, 0.6) is 0 Å². The van der Waals surface area contributed by atoms with E-state index >= 15 is 0 Å². The van der Waals surface area contributed by atoms with Crippen LogP contribution >= 0.6 is 0 Å². The van der Waals surface area contributed by atoms with Crippen LogP contribution in [0.25, 0.3) is 10.9 Å². The maximum Gasteiger partial charge on any atom is 0.274 e. The van der Waals surface area contributed by atoms with E-state index in [1.165, 1.54) is 6.07 Å². The van der Waals surface area contributed by atoms with E-state index in [-0.39, 0.29) is 12.2 Å². The van der Waals surface area contributed by atoms with E-state index in [2.05, 4.69) is 15.6 Å². The van der Waals surface area contributed by atoms with Crippen LogP contribution in [0.3, 0.4) is 0 Å². The molecule has 0 unspecified atom stereocenters. The van der Waals surface area contributed by atoms with Gasteiger partial charge in [-0.3, -0.25) is 20.2 Å². The molecular formula is C31H34N6O4. The lowest BCUT2D eigenvalue weighted by atomic mass is 10.0. The molecule has 0 aliphatic carbocycles. The fourth-order valence-corrected chi connectivity index (χ4v) is 4.54. The van der Waals surface area contributed by atoms with Crippen molar-refractivity contribution in [3.63, 3.8) is 0 Å². The van der Waals surface area contributed by atoms with Crippen molar-refractivity contribution in [2.75, 3.05) is 6.54 Å². The Hall–Kier alpha value is -4.64. The summed E-state index contributed by atoms with van der Waals surface area (Å²) in [6, 6.07) is 29.2. The predicted octanol–water partition coefficient (Wildman–Crippen LogP) is 2.02. The van der Waals surface area contributed by atoms with E-state index in [1.807, 2.05) is 72.8 Å². The summed E-state index contributed by atoms with van der Waals surface area (Å²) >= 11 is 0. The van der Waals surface area contributed by atoms with E-state index in [0.717, 1.165) is 16.5 Å². The van der Waals surface area contributed by atoms with Gasteiger partial charge in [0.1, 0.15) is 5.69 Å². The number of hydrazine groups is 1. The Balaban J connectivity index is 1.51. The Morgan fingerprint density at radius 3 is 2.20 bits per heavy atom. The van der Waals surface area contributed by atoms with Crippen molar-refractivity contribution in [1.29, 1.82) is 0 Å². The highest BCUT2D eigenvalue weighted by atomic mass is 16.3. The molecule has 4 rings (SSSR count). The number of para-hydroxylation sites is 1. The number of pyridine rings is 1. The number of carbonyl (C=O) groups excluding carboxylic acids is 3. The van der Waals surface area contributed by atoms with E-state index in [1.54, 1.807) is 23.2 Å². The summed E-state index contributed by atoms with van der Waals surface area (Å²) in [6.45, 7) is 0.661. The lowest BCUT2D eigenvalue weighted by Crippen LogP contribution is -2.63. The number of aryl methyl sites for hydroxylation is 1. The van der Waals surface area contributed by atoms with Crippen LogP contribution in [-0.2, 0) is 22.6 Å². The minimum absolute atomic E-state index is 0.0315. The third-order valence-electron chi connectivity index (χ3n) is 6.60. The molecule has 0 saturated carbocycles. The number of nitrogens with one attached hydrogen (secondary N) is 2. The highest BCUT2D eigenvalue weighted by molar-refractivity contribution is 6.00. The van der Waals surface area contributed by atoms with Gasteiger partial charge in [-0.2, -0.15) is 0 Å². The third-order valence-corrected chi connectivity index (χ3v) is 6.60. The number of aromatic nitrogens is 1. The SMILES string of the molecule is NC(=O)C[C@](O)(NC(=O)c1ccc2ccccc2n1)C(=O)N[C@@H](CCc1ccccc1)CN(N)Cc1ccccc1. The van der Waals surface area contributed by atoms with E-state index < -0.39 is 35.9 Å². The molecule has 4 aromatic rings. The number of hydrogen-bond acceptors (Lipinski definition) is 7. The second-order valence-corrected chi connectivity index (χ2v) is 9.96. The zero-order chi connectivity index (χ0) is 29.2. The molecule has 10 heteroatoms. The molecule has 212 valence electrons. The highest BCUT2D eigenvalue weighted by Gasteiger charge is 2.41. The number of aliphatic hydroxyl groups is 1. The van der Waals surface area contributed by atoms with Crippen LogP contribution in [0.1, 0.15) is 34.5 Å². The lowest BCUT2D eigenvalue weighted by Gasteiger charge is -2.31. The number of primary amides is 1. The Labute approximate surface area is 238 Å². The molecule has 1 heterocycles. The summed E-state index contributed by atoms with van der Waals surface area (Å²) < 4.78 is 0. The summed E-state index contributed by atoms with van der Waals surface area (Å²) in [6.07, 6.45) is 0.261. The van der Waals surface area contributed by atoms with E-state index in [4.69, 9.17) is 11.6 Å². The summed E-state index contributed by atoms with van der Waals surface area (Å²) in [5.41, 5.74) is 5.33. The molecule has 0 spiro atoms. The Morgan fingerprint density at radius 2 is 1.51 bits per heavy atom. The highest BCUT2D eigenvalue weighted by Crippen LogP contribution is 2.15. The molecule has 0 fully saturated rings. The van der Waals surface area contributed by atoms with Gasteiger partial charge < -0.3 is 21.5 Å². The van der Waals surface area contributed by atoms with Gasteiger partial charge >= 0.3 is 0 Å². The number of fused-ring (bicyclic) bond motifs is 1. The molecule has 41 heavy (non-hydrogen) atoms. The average Bonchev–Trinajstić information content (AvgIpc) is 2.96. The number of nitrogens with zero attached hydrogens (tertiary/aromatic N) is 2. The third kappa shape index (κ3) is 8.42. The minimum atomic E-state index is -2.61. The maximum atomic E-state index is 13.5. The van der Waals surface area contributed by atoms with Crippen molar-refractivity contribution in [3.8, 4) is 0 Å². The number of hydrogen-bond donors (Lipinski definition) is 5. The van der Waals surface area contributed by atoms with Crippen LogP contribution in [-0.4, -0.2) is 51.1 Å². The van der Waals surface area contributed by atoms with Crippen molar-refractivity contribution >= 4 is 28.6 Å². The summed E-state index contributed by atoms with van der Waals surface area (Å²) in [7, 11) is 0. The van der Waals surface area contributed by atoms with Gasteiger partial charge in [0.05, 0.1) is 11.9 Å². The standard InChI is InChI=1S/C31H34N6O4/c32-28(38)19-31(41,36-29(39)27-18-16-24-13-7-8-14-26(24)35-27)30(40)34-25(17-15-22-9-3-1-4-10-22)21-37(33)20-23-11-5-2-6-12-23/h1-14,16,18,25,41H,15,17,19-21,33H2,(H2,32,38)(H,34,40)(H,36,39)/t25-,31+/m0/s1. The van der Waals surface area contributed by atoms with Crippen molar-refractivity contribution in [3.05, 3.63) is 114 Å². The van der Waals surface area contributed by atoms with Gasteiger partial charge in [0.25, 0.3) is 11.8 Å². The molecule has 0 aliphatic heterocycles. The van der Waals surface area contributed by atoms with Crippen molar-refractivity contribution in [2.45, 2.75) is 37.6 Å². The molecule has 3 amide bonds. The number of amides is 3. The molecule has 0 saturated heterocycles. The Bertz CT molecular complexity index is 1480. The zero-order valence-electron chi connectivity index (χ0n) is 22.6. The summed E-state index contributed by atoms with van der Waals surface area (Å²) in [5.74, 6) is 3.53. The maximum absolute atomic E-state index is 13.5. The topological polar surface area (TPSA) is 164 Å². The molecule has 0 aliphatic rings. The molecule has 1 aromatic heterocycles. The zero-order valence-corrected chi connectivity index (χ0v) is 22.6. The first-order chi connectivity index (χ1) is 19.7. The fourth-order valence-electron chi connectivity index (χ4n) is 4.54. The number of carbonyl (C=O) groups is 3. The molecule has 0 radical (unpaired) electrons. The molecule has 2 atom stereocenters. The second-order valence-electron chi connectivity index (χ2n) is 9.96. The van der Waals surface area contributed by atoms with Gasteiger partial charge in [0.2, 0.25) is 11.6 Å². The second kappa shape index (κ2) is 13.6. The van der Waals surface area contributed by atoms with Crippen LogP contribution in [0, 0.1) is 0 Å². The monoisotopic (exact) mass is 554 g/mol. The van der Waals surface area contributed by atoms with Gasteiger partial charge in [-0.25, -0.2) is 9.99 Å². The Kier molecular flexibility index (Phi) is 9.75. The van der Waals surface area contributed by atoms with Gasteiger partial charge in [-0.05, 0) is 36.1 Å². The van der Waals surface area contributed by atoms with E-state index in [9.17, 15) is 19.5 Å².